The Labute approximate surface area is 75.4 Å². The van der Waals surface area contributed by atoms with Crippen molar-refractivity contribution in [3.05, 3.63) is 21.5 Å². The largest absolute Gasteiger partial charge is 0.505 e. The number of halogens is 3. The number of pyridine rings is 1. The van der Waals surface area contributed by atoms with Crippen molar-refractivity contribution in [3.8, 4) is 5.75 Å². The van der Waals surface area contributed by atoms with E-state index in [0.717, 1.165) is 12.3 Å². The first-order valence-corrected chi connectivity index (χ1v) is 3.81. The molecule has 0 aliphatic carbocycles. The standard InChI is InChI=1S/C6H4F2INO/c7-5(8)3-1-4(11)6(9)10-2-3/h1-2,5,11H. The van der Waals surface area contributed by atoms with Crippen molar-refractivity contribution < 1.29 is 13.9 Å². The Hall–Kier alpha value is -0.460. The minimum absolute atomic E-state index is 0.205. The van der Waals surface area contributed by atoms with E-state index in [-0.39, 0.29) is 11.3 Å². The highest BCUT2D eigenvalue weighted by Gasteiger charge is 2.09. The predicted octanol–water partition coefficient (Wildman–Crippen LogP) is 2.33. The van der Waals surface area contributed by atoms with Gasteiger partial charge >= 0.3 is 0 Å². The maximum absolute atomic E-state index is 11.9. The Kier molecular flexibility index (Phi) is 2.58. The molecule has 0 saturated heterocycles. The van der Waals surface area contributed by atoms with Crippen LogP contribution in [0.25, 0.3) is 0 Å². The summed E-state index contributed by atoms with van der Waals surface area (Å²) in [5.41, 5.74) is -0.261. The van der Waals surface area contributed by atoms with E-state index in [4.69, 9.17) is 5.11 Å². The molecule has 0 spiro atoms. The fourth-order valence-corrected chi connectivity index (χ4v) is 0.866. The van der Waals surface area contributed by atoms with Crippen LogP contribution in [-0.4, -0.2) is 10.1 Å². The summed E-state index contributed by atoms with van der Waals surface area (Å²) in [6.07, 6.45) is -1.53. The van der Waals surface area contributed by atoms with Crippen molar-refractivity contribution in [2.45, 2.75) is 6.43 Å². The average molecular weight is 271 g/mol. The lowest BCUT2D eigenvalue weighted by Gasteiger charge is -1.99. The van der Waals surface area contributed by atoms with E-state index >= 15 is 0 Å². The van der Waals surface area contributed by atoms with Crippen molar-refractivity contribution in [2.24, 2.45) is 0 Å². The van der Waals surface area contributed by atoms with Crippen LogP contribution in [0.1, 0.15) is 12.0 Å². The van der Waals surface area contributed by atoms with Crippen LogP contribution < -0.4 is 0 Å². The summed E-state index contributed by atoms with van der Waals surface area (Å²) in [6.45, 7) is 0. The van der Waals surface area contributed by atoms with Crippen LogP contribution >= 0.6 is 22.6 Å². The Bertz CT molecular complexity index is 267. The van der Waals surface area contributed by atoms with Crippen molar-refractivity contribution >= 4 is 22.6 Å². The smallest absolute Gasteiger partial charge is 0.265 e. The van der Waals surface area contributed by atoms with Gasteiger partial charge < -0.3 is 5.11 Å². The van der Waals surface area contributed by atoms with Gasteiger partial charge in [-0.1, -0.05) is 0 Å². The third-order valence-electron chi connectivity index (χ3n) is 1.09. The van der Waals surface area contributed by atoms with Gasteiger partial charge in [0.15, 0.2) is 0 Å². The molecule has 1 aromatic heterocycles. The zero-order valence-electron chi connectivity index (χ0n) is 5.26. The molecule has 2 nitrogen and oxygen atoms in total. The van der Waals surface area contributed by atoms with E-state index < -0.39 is 6.43 Å². The fourth-order valence-electron chi connectivity index (χ4n) is 0.571. The lowest BCUT2D eigenvalue weighted by atomic mass is 10.3. The molecule has 0 fully saturated rings. The number of hydrogen-bond acceptors (Lipinski definition) is 2. The van der Waals surface area contributed by atoms with E-state index in [2.05, 4.69) is 4.98 Å². The first-order valence-electron chi connectivity index (χ1n) is 2.74. The Morgan fingerprint density at radius 1 is 1.55 bits per heavy atom. The van der Waals surface area contributed by atoms with Crippen LogP contribution in [-0.2, 0) is 0 Å². The van der Waals surface area contributed by atoms with Gasteiger partial charge in [0.2, 0.25) is 0 Å². The van der Waals surface area contributed by atoms with Crippen molar-refractivity contribution in [1.29, 1.82) is 0 Å². The first kappa shape index (κ1) is 8.63. The molecular weight excluding hydrogens is 267 g/mol. The number of alkyl halides is 2. The molecule has 60 valence electrons. The second kappa shape index (κ2) is 3.29. The van der Waals surface area contributed by atoms with E-state index in [9.17, 15) is 8.78 Å². The van der Waals surface area contributed by atoms with Crippen LogP contribution in [0.15, 0.2) is 12.3 Å². The summed E-state index contributed by atoms with van der Waals surface area (Å²) in [5, 5.41) is 8.95. The Morgan fingerprint density at radius 3 is 2.64 bits per heavy atom. The van der Waals surface area contributed by atoms with Gasteiger partial charge in [-0.05, 0) is 28.7 Å². The zero-order chi connectivity index (χ0) is 8.43. The molecule has 1 heterocycles. The van der Waals surface area contributed by atoms with Gasteiger partial charge in [-0.2, -0.15) is 0 Å². The molecule has 0 amide bonds. The van der Waals surface area contributed by atoms with Gasteiger partial charge in [0.05, 0.1) is 0 Å². The molecule has 0 aromatic carbocycles. The van der Waals surface area contributed by atoms with Gasteiger partial charge in [-0.25, -0.2) is 13.8 Å². The van der Waals surface area contributed by atoms with Crippen molar-refractivity contribution in [1.82, 2.24) is 4.98 Å². The summed E-state index contributed by atoms with van der Waals surface area (Å²) < 4.78 is 24.2. The number of hydrogen-bond donors (Lipinski definition) is 1. The molecule has 0 unspecified atom stereocenters. The van der Waals surface area contributed by atoms with Gasteiger partial charge in [-0.15, -0.1) is 0 Å². The van der Waals surface area contributed by atoms with Gasteiger partial charge in [0.25, 0.3) is 6.43 Å². The molecule has 1 aromatic rings. The van der Waals surface area contributed by atoms with Gasteiger partial charge in [0, 0.05) is 11.8 Å². The maximum Gasteiger partial charge on any atom is 0.265 e. The summed E-state index contributed by atoms with van der Waals surface area (Å²) in [7, 11) is 0. The second-order valence-corrected chi connectivity index (χ2v) is 2.90. The summed E-state index contributed by atoms with van der Waals surface area (Å²) >= 11 is 1.76. The van der Waals surface area contributed by atoms with Crippen molar-refractivity contribution in [2.75, 3.05) is 0 Å². The predicted molar refractivity (Wildman–Crippen MR) is 43.6 cm³/mol. The lowest BCUT2D eigenvalue weighted by Crippen LogP contribution is -1.88. The van der Waals surface area contributed by atoms with Crippen LogP contribution in [0.3, 0.4) is 0 Å². The molecular formula is C6H4F2INO. The number of aromatic nitrogens is 1. The highest BCUT2D eigenvalue weighted by Crippen LogP contribution is 2.24. The normalized spacial score (nSPS) is 10.5. The highest BCUT2D eigenvalue weighted by atomic mass is 127. The number of nitrogens with zero attached hydrogens (tertiary/aromatic N) is 1. The molecule has 0 saturated carbocycles. The molecule has 11 heavy (non-hydrogen) atoms. The van der Waals surface area contributed by atoms with E-state index in [1.807, 2.05) is 0 Å². The lowest BCUT2D eigenvalue weighted by molar-refractivity contribution is 0.150. The van der Waals surface area contributed by atoms with E-state index in [1.165, 1.54) is 0 Å². The first-order chi connectivity index (χ1) is 5.11. The molecule has 0 aliphatic heterocycles. The average Bonchev–Trinajstić information content (AvgIpc) is 1.94. The Balaban J connectivity index is 3.05. The maximum atomic E-state index is 11.9. The quantitative estimate of drug-likeness (QED) is 0.628. The van der Waals surface area contributed by atoms with Crippen LogP contribution in [0.5, 0.6) is 5.75 Å². The van der Waals surface area contributed by atoms with E-state index in [1.54, 1.807) is 22.6 Å². The zero-order valence-corrected chi connectivity index (χ0v) is 7.42. The summed E-state index contributed by atoms with van der Waals surface area (Å²) in [5.74, 6) is -0.205. The molecule has 1 rings (SSSR count). The minimum atomic E-state index is -2.58. The molecule has 5 heteroatoms. The monoisotopic (exact) mass is 271 g/mol. The molecule has 0 bridgehead atoms. The molecule has 1 N–H and O–H groups in total. The van der Waals surface area contributed by atoms with Crippen molar-refractivity contribution in [3.63, 3.8) is 0 Å². The fraction of sp³-hybridized carbons (Fsp3) is 0.167. The van der Waals surface area contributed by atoms with Crippen LogP contribution in [0, 0.1) is 3.70 Å². The van der Waals surface area contributed by atoms with Gasteiger partial charge in [0.1, 0.15) is 9.45 Å². The third kappa shape index (κ3) is 1.98. The second-order valence-electron chi connectivity index (χ2n) is 1.88. The molecule has 0 aliphatic rings. The topological polar surface area (TPSA) is 33.1 Å². The van der Waals surface area contributed by atoms with Gasteiger partial charge in [-0.3, -0.25) is 0 Å². The number of aromatic hydroxyl groups is 1. The molecule has 0 atom stereocenters. The summed E-state index contributed by atoms with van der Waals surface area (Å²) in [4.78, 5) is 3.56. The third-order valence-corrected chi connectivity index (χ3v) is 1.92. The minimum Gasteiger partial charge on any atom is -0.505 e. The highest BCUT2D eigenvalue weighted by molar-refractivity contribution is 14.1. The number of rotatable bonds is 1. The van der Waals surface area contributed by atoms with Crippen LogP contribution in [0.4, 0.5) is 8.78 Å². The van der Waals surface area contributed by atoms with Crippen LogP contribution in [0.2, 0.25) is 0 Å². The SMILES string of the molecule is Oc1cc(C(F)F)cnc1I. The molecule has 0 radical (unpaired) electrons. The Morgan fingerprint density at radius 2 is 2.18 bits per heavy atom. The van der Waals surface area contributed by atoms with E-state index in [0.29, 0.717) is 3.70 Å². The summed E-state index contributed by atoms with van der Waals surface area (Å²) in [6, 6.07) is 1.01.